The summed E-state index contributed by atoms with van der Waals surface area (Å²) >= 11 is 5.74. The standard InChI is InChI=1S/C12H13ClFNO4/c1-6(12(17)18)15-11(16)7(2)19-10-4-3-8(14)5-9(10)13/h3-7H,1-2H3,(H,15,16)(H,17,18)/t6-,7?/m0/s1. The van der Waals surface area contributed by atoms with E-state index in [9.17, 15) is 14.0 Å². The Morgan fingerprint density at radius 1 is 1.42 bits per heavy atom. The molecule has 2 atom stereocenters. The van der Waals surface area contributed by atoms with Crippen molar-refractivity contribution in [3.8, 4) is 5.75 Å². The number of benzene rings is 1. The Kier molecular flexibility index (Phi) is 5.11. The third-order valence-electron chi connectivity index (χ3n) is 2.30. The monoisotopic (exact) mass is 289 g/mol. The number of ether oxygens (including phenoxy) is 1. The number of hydrogen-bond donors (Lipinski definition) is 2. The normalized spacial score (nSPS) is 13.5. The smallest absolute Gasteiger partial charge is 0.325 e. The summed E-state index contributed by atoms with van der Waals surface area (Å²) in [4.78, 5) is 22.2. The molecule has 0 saturated heterocycles. The van der Waals surface area contributed by atoms with Crippen molar-refractivity contribution in [1.82, 2.24) is 5.32 Å². The van der Waals surface area contributed by atoms with E-state index in [4.69, 9.17) is 21.4 Å². The first-order valence-electron chi connectivity index (χ1n) is 5.46. The second kappa shape index (κ2) is 6.38. The molecule has 0 fully saturated rings. The molecule has 1 unspecified atom stereocenters. The van der Waals surface area contributed by atoms with Crippen LogP contribution in [-0.2, 0) is 9.59 Å². The molecule has 104 valence electrons. The molecule has 0 bridgehead atoms. The van der Waals surface area contributed by atoms with Crippen LogP contribution in [0.15, 0.2) is 18.2 Å². The maximum Gasteiger partial charge on any atom is 0.325 e. The van der Waals surface area contributed by atoms with Crippen LogP contribution in [0.5, 0.6) is 5.75 Å². The molecule has 0 saturated carbocycles. The average Bonchev–Trinajstić information content (AvgIpc) is 2.32. The molecule has 0 spiro atoms. The molecule has 0 aromatic heterocycles. The van der Waals surface area contributed by atoms with Crippen LogP contribution in [0.3, 0.4) is 0 Å². The highest BCUT2D eigenvalue weighted by Gasteiger charge is 2.20. The quantitative estimate of drug-likeness (QED) is 0.867. The Hall–Kier alpha value is -1.82. The van der Waals surface area contributed by atoms with Gasteiger partial charge in [0.15, 0.2) is 6.10 Å². The number of carboxylic acids is 1. The van der Waals surface area contributed by atoms with Gasteiger partial charge in [0.2, 0.25) is 0 Å². The second-order valence-corrected chi connectivity index (χ2v) is 4.31. The van der Waals surface area contributed by atoms with Crippen LogP contribution in [0.1, 0.15) is 13.8 Å². The molecule has 1 amide bonds. The lowest BCUT2D eigenvalue weighted by Crippen LogP contribution is -2.44. The summed E-state index contributed by atoms with van der Waals surface area (Å²) in [5.41, 5.74) is 0. The van der Waals surface area contributed by atoms with Crippen LogP contribution in [0.2, 0.25) is 5.02 Å². The largest absolute Gasteiger partial charge is 0.480 e. The summed E-state index contributed by atoms with van der Waals surface area (Å²) in [5, 5.41) is 10.9. The Bertz CT molecular complexity index is 495. The molecular weight excluding hydrogens is 277 g/mol. The molecule has 0 heterocycles. The zero-order valence-electron chi connectivity index (χ0n) is 10.3. The van der Waals surface area contributed by atoms with Crippen LogP contribution in [-0.4, -0.2) is 29.1 Å². The summed E-state index contributed by atoms with van der Waals surface area (Å²) in [5.74, 6) is -2.13. The van der Waals surface area contributed by atoms with Crippen LogP contribution in [0.25, 0.3) is 0 Å². The van der Waals surface area contributed by atoms with Crippen molar-refractivity contribution < 1.29 is 23.8 Å². The van der Waals surface area contributed by atoms with Gasteiger partial charge in [-0.1, -0.05) is 11.6 Å². The third-order valence-corrected chi connectivity index (χ3v) is 2.59. The van der Waals surface area contributed by atoms with E-state index in [2.05, 4.69) is 5.32 Å². The van der Waals surface area contributed by atoms with Gasteiger partial charge in [-0.2, -0.15) is 0 Å². The van der Waals surface area contributed by atoms with E-state index in [1.807, 2.05) is 0 Å². The van der Waals surface area contributed by atoms with Crippen molar-refractivity contribution in [2.24, 2.45) is 0 Å². The highest BCUT2D eigenvalue weighted by molar-refractivity contribution is 6.32. The van der Waals surface area contributed by atoms with Crippen molar-refractivity contribution >= 4 is 23.5 Å². The van der Waals surface area contributed by atoms with E-state index in [1.54, 1.807) is 0 Å². The van der Waals surface area contributed by atoms with Crippen LogP contribution < -0.4 is 10.1 Å². The molecule has 7 heteroatoms. The number of hydrogen-bond acceptors (Lipinski definition) is 3. The molecule has 1 rings (SSSR count). The molecule has 0 aliphatic carbocycles. The Morgan fingerprint density at radius 3 is 2.58 bits per heavy atom. The first-order chi connectivity index (χ1) is 8.81. The van der Waals surface area contributed by atoms with Crippen molar-refractivity contribution in [3.05, 3.63) is 29.0 Å². The highest BCUT2D eigenvalue weighted by Crippen LogP contribution is 2.25. The number of carboxylic acid groups (broad SMARTS) is 1. The molecule has 19 heavy (non-hydrogen) atoms. The van der Waals surface area contributed by atoms with Crippen molar-refractivity contribution in [2.75, 3.05) is 0 Å². The lowest BCUT2D eigenvalue weighted by atomic mass is 10.3. The topological polar surface area (TPSA) is 75.6 Å². The first-order valence-corrected chi connectivity index (χ1v) is 5.84. The lowest BCUT2D eigenvalue weighted by Gasteiger charge is -2.17. The fraction of sp³-hybridized carbons (Fsp3) is 0.333. The third kappa shape index (κ3) is 4.40. The first kappa shape index (κ1) is 15.2. The van der Waals surface area contributed by atoms with Gasteiger partial charge >= 0.3 is 5.97 Å². The van der Waals surface area contributed by atoms with E-state index in [0.29, 0.717) is 0 Å². The number of nitrogens with one attached hydrogen (secondary N) is 1. The molecule has 5 nitrogen and oxygen atoms in total. The number of aliphatic carboxylic acids is 1. The fourth-order valence-corrected chi connectivity index (χ4v) is 1.42. The van der Waals surface area contributed by atoms with Gasteiger partial charge in [0.25, 0.3) is 5.91 Å². The number of rotatable bonds is 5. The molecule has 0 radical (unpaired) electrons. The predicted octanol–water partition coefficient (Wildman–Crippen LogP) is 1.84. The maximum atomic E-state index is 12.8. The van der Waals surface area contributed by atoms with Gasteiger partial charge in [0, 0.05) is 0 Å². The molecule has 1 aromatic carbocycles. The summed E-state index contributed by atoms with van der Waals surface area (Å²) < 4.78 is 18.1. The zero-order valence-corrected chi connectivity index (χ0v) is 11.1. The second-order valence-electron chi connectivity index (χ2n) is 3.90. The SMILES string of the molecule is CC(Oc1ccc(F)cc1Cl)C(=O)N[C@@H](C)C(=O)O. The van der Waals surface area contributed by atoms with Gasteiger partial charge in [-0.25, -0.2) is 4.39 Å². The number of halogens is 2. The molecular formula is C12H13ClFNO4. The molecule has 0 aliphatic rings. The van der Waals surface area contributed by atoms with Crippen molar-refractivity contribution in [3.63, 3.8) is 0 Å². The van der Waals surface area contributed by atoms with Gasteiger partial charge in [0.1, 0.15) is 17.6 Å². The van der Waals surface area contributed by atoms with E-state index >= 15 is 0 Å². The maximum absolute atomic E-state index is 12.8. The van der Waals surface area contributed by atoms with Gasteiger partial charge in [0.05, 0.1) is 5.02 Å². The van der Waals surface area contributed by atoms with E-state index in [-0.39, 0.29) is 10.8 Å². The molecule has 1 aromatic rings. The minimum atomic E-state index is -1.15. The lowest BCUT2D eigenvalue weighted by molar-refractivity contribution is -0.142. The average molecular weight is 290 g/mol. The Balaban J connectivity index is 2.66. The predicted molar refractivity (Wildman–Crippen MR) is 66.7 cm³/mol. The van der Waals surface area contributed by atoms with Gasteiger partial charge in [-0.3, -0.25) is 9.59 Å². The minimum absolute atomic E-state index is 0.0333. The van der Waals surface area contributed by atoms with E-state index < -0.39 is 29.8 Å². The van der Waals surface area contributed by atoms with Gasteiger partial charge in [-0.05, 0) is 32.0 Å². The Labute approximate surface area is 114 Å². The number of carbonyl (C=O) groups excluding carboxylic acids is 1. The van der Waals surface area contributed by atoms with Crippen molar-refractivity contribution in [2.45, 2.75) is 26.0 Å². The summed E-state index contributed by atoms with van der Waals surface area (Å²) in [6, 6.07) is 2.47. The summed E-state index contributed by atoms with van der Waals surface area (Å²) in [7, 11) is 0. The van der Waals surface area contributed by atoms with E-state index in [1.165, 1.54) is 19.9 Å². The van der Waals surface area contributed by atoms with Crippen molar-refractivity contribution in [1.29, 1.82) is 0 Å². The molecule has 2 N–H and O–H groups in total. The van der Waals surface area contributed by atoms with E-state index in [0.717, 1.165) is 12.1 Å². The summed E-state index contributed by atoms with van der Waals surface area (Å²) in [6.07, 6.45) is -0.954. The van der Waals surface area contributed by atoms with Crippen LogP contribution in [0.4, 0.5) is 4.39 Å². The zero-order chi connectivity index (χ0) is 14.6. The Morgan fingerprint density at radius 2 is 2.05 bits per heavy atom. The van der Waals surface area contributed by atoms with Gasteiger partial charge in [-0.15, -0.1) is 0 Å². The van der Waals surface area contributed by atoms with Crippen LogP contribution in [0, 0.1) is 5.82 Å². The molecule has 0 aliphatic heterocycles. The number of carbonyl (C=O) groups is 2. The minimum Gasteiger partial charge on any atom is -0.480 e. The fourth-order valence-electron chi connectivity index (χ4n) is 1.21. The number of amides is 1. The van der Waals surface area contributed by atoms with Gasteiger partial charge < -0.3 is 15.2 Å². The van der Waals surface area contributed by atoms with Crippen LogP contribution >= 0.6 is 11.6 Å². The summed E-state index contributed by atoms with van der Waals surface area (Å²) in [6.45, 7) is 2.77. The highest BCUT2D eigenvalue weighted by atomic mass is 35.5.